The van der Waals surface area contributed by atoms with Crippen molar-refractivity contribution in [2.24, 2.45) is 0 Å². The van der Waals surface area contributed by atoms with Gasteiger partial charge >= 0.3 is 0 Å². The average molecular weight is 424 g/mol. The molecule has 2 heterocycles. The molecule has 4 rings (SSSR count). The summed E-state index contributed by atoms with van der Waals surface area (Å²) in [5, 5.41) is 15.2. The lowest BCUT2D eigenvalue weighted by atomic mass is 10.2. The summed E-state index contributed by atoms with van der Waals surface area (Å²) in [7, 11) is 1.58. The predicted octanol–water partition coefficient (Wildman–Crippen LogP) is 2.53. The van der Waals surface area contributed by atoms with Crippen molar-refractivity contribution in [1.82, 2.24) is 20.2 Å². The fraction of sp³-hybridized carbons (Fsp3) is 0.250. The highest BCUT2D eigenvalue weighted by atomic mass is 32.2. The number of methoxy groups -OCH3 is 1. The maximum absolute atomic E-state index is 13.2. The Labute approximate surface area is 177 Å². The molecule has 2 aromatic carbocycles. The molecule has 0 aliphatic carbocycles. The van der Waals surface area contributed by atoms with Crippen LogP contribution in [0.2, 0.25) is 0 Å². The number of ether oxygens (including phenoxy) is 1. The Kier molecular flexibility index (Phi) is 5.66. The van der Waals surface area contributed by atoms with Crippen molar-refractivity contribution in [3.63, 3.8) is 0 Å². The number of carbonyl (C=O) groups excluding carboxylic acids is 2. The van der Waals surface area contributed by atoms with Crippen LogP contribution in [-0.2, 0) is 9.59 Å². The molecule has 1 aromatic heterocycles. The van der Waals surface area contributed by atoms with E-state index < -0.39 is 0 Å². The largest absolute Gasteiger partial charge is 0.494 e. The first-order chi connectivity index (χ1) is 14.6. The fourth-order valence-corrected chi connectivity index (χ4v) is 4.13. The van der Waals surface area contributed by atoms with Crippen LogP contribution >= 0.6 is 11.8 Å². The predicted molar refractivity (Wildman–Crippen MR) is 113 cm³/mol. The summed E-state index contributed by atoms with van der Waals surface area (Å²) in [6.45, 7) is 1.86. The lowest BCUT2D eigenvalue weighted by Gasteiger charge is -2.27. The Hall–Kier alpha value is -3.40. The van der Waals surface area contributed by atoms with E-state index in [0.29, 0.717) is 28.0 Å². The van der Waals surface area contributed by atoms with Crippen molar-refractivity contribution < 1.29 is 14.3 Å². The third kappa shape index (κ3) is 3.86. The molecule has 154 valence electrons. The van der Waals surface area contributed by atoms with Gasteiger partial charge in [0.25, 0.3) is 0 Å². The number of hydrogen-bond donors (Lipinski definition) is 1. The minimum atomic E-state index is -0.271. The standard InChI is InChI=1S/C20H20N6O3S/c1-13-11-18(27)21-14-7-3-4-8-15(14)25(13)19(28)12-30-20-22-23-24-26(20)16-9-5-6-10-17(16)29-2/h3-10,13H,11-12H2,1-2H3,(H,21,27). The van der Waals surface area contributed by atoms with E-state index in [1.807, 2.05) is 49.4 Å². The SMILES string of the molecule is COc1ccccc1-n1nnnc1SCC(=O)N1c2ccccc2NC(=O)CC1C. The second-order valence-electron chi connectivity index (χ2n) is 6.72. The molecule has 2 amide bonds. The maximum Gasteiger partial charge on any atom is 0.237 e. The van der Waals surface area contributed by atoms with E-state index in [1.165, 1.54) is 11.8 Å². The highest BCUT2D eigenvalue weighted by Crippen LogP contribution is 2.32. The third-order valence-electron chi connectivity index (χ3n) is 4.71. The quantitative estimate of drug-likeness (QED) is 0.628. The average Bonchev–Trinajstić information content (AvgIpc) is 3.16. The summed E-state index contributed by atoms with van der Waals surface area (Å²) in [5.41, 5.74) is 2.00. The maximum atomic E-state index is 13.2. The number of para-hydroxylation sites is 4. The number of nitrogens with one attached hydrogen (secondary N) is 1. The van der Waals surface area contributed by atoms with Crippen LogP contribution in [0.4, 0.5) is 11.4 Å². The zero-order chi connectivity index (χ0) is 21.1. The van der Waals surface area contributed by atoms with Crippen LogP contribution in [0.3, 0.4) is 0 Å². The van der Waals surface area contributed by atoms with E-state index in [0.717, 1.165) is 0 Å². The zero-order valence-corrected chi connectivity index (χ0v) is 17.3. The van der Waals surface area contributed by atoms with Crippen molar-refractivity contribution in [3.8, 4) is 11.4 Å². The normalized spacial score (nSPS) is 15.9. The number of thioether (sulfide) groups is 1. The molecule has 1 aliphatic heterocycles. The molecule has 0 saturated carbocycles. The van der Waals surface area contributed by atoms with Crippen molar-refractivity contribution in [3.05, 3.63) is 48.5 Å². The van der Waals surface area contributed by atoms with E-state index in [9.17, 15) is 9.59 Å². The summed E-state index contributed by atoms with van der Waals surface area (Å²) < 4.78 is 6.93. The molecule has 1 atom stereocenters. The summed E-state index contributed by atoms with van der Waals surface area (Å²) >= 11 is 1.23. The Morgan fingerprint density at radius 2 is 1.93 bits per heavy atom. The number of hydrogen-bond acceptors (Lipinski definition) is 7. The Bertz CT molecular complexity index is 1090. The lowest BCUT2D eigenvalue weighted by molar-refractivity contribution is -0.117. The number of anilines is 2. The molecule has 1 N–H and O–H groups in total. The Morgan fingerprint density at radius 1 is 1.20 bits per heavy atom. The topological polar surface area (TPSA) is 102 Å². The first-order valence-electron chi connectivity index (χ1n) is 9.34. The number of rotatable bonds is 5. The number of tetrazole rings is 1. The molecule has 1 unspecified atom stereocenters. The van der Waals surface area contributed by atoms with Crippen molar-refractivity contribution in [2.45, 2.75) is 24.5 Å². The highest BCUT2D eigenvalue weighted by Gasteiger charge is 2.29. The molecular formula is C20H20N6O3S. The molecule has 9 nitrogen and oxygen atoms in total. The number of fused-ring (bicyclic) bond motifs is 1. The van der Waals surface area contributed by atoms with E-state index in [2.05, 4.69) is 20.8 Å². The fourth-order valence-electron chi connectivity index (χ4n) is 3.39. The molecule has 0 bridgehead atoms. The number of amides is 2. The molecule has 1 aliphatic rings. The first-order valence-corrected chi connectivity index (χ1v) is 10.3. The van der Waals surface area contributed by atoms with Crippen LogP contribution in [0.1, 0.15) is 13.3 Å². The van der Waals surface area contributed by atoms with Gasteiger partial charge in [0.2, 0.25) is 17.0 Å². The van der Waals surface area contributed by atoms with Crippen molar-refractivity contribution in [1.29, 1.82) is 0 Å². The summed E-state index contributed by atoms with van der Waals surface area (Å²) in [6.07, 6.45) is 0.226. The van der Waals surface area contributed by atoms with Gasteiger partial charge in [0, 0.05) is 12.5 Å². The molecule has 0 radical (unpaired) electrons. The van der Waals surface area contributed by atoms with Gasteiger partial charge in [-0.3, -0.25) is 9.59 Å². The number of aromatic nitrogens is 4. The lowest BCUT2D eigenvalue weighted by Crippen LogP contribution is -2.40. The van der Waals surface area contributed by atoms with Gasteiger partial charge in [-0.05, 0) is 41.6 Å². The van der Waals surface area contributed by atoms with Crippen LogP contribution in [0.25, 0.3) is 5.69 Å². The van der Waals surface area contributed by atoms with Gasteiger partial charge in [0.05, 0.1) is 24.2 Å². The number of nitrogens with zero attached hydrogens (tertiary/aromatic N) is 5. The second kappa shape index (κ2) is 8.54. The summed E-state index contributed by atoms with van der Waals surface area (Å²) in [5.74, 6) is 0.490. The van der Waals surface area contributed by atoms with Gasteiger partial charge in [-0.25, -0.2) is 0 Å². The van der Waals surface area contributed by atoms with Gasteiger partial charge < -0.3 is 15.0 Å². The Morgan fingerprint density at radius 3 is 2.73 bits per heavy atom. The monoisotopic (exact) mass is 424 g/mol. The molecule has 0 fully saturated rings. The van der Waals surface area contributed by atoms with Crippen molar-refractivity contribution >= 4 is 35.0 Å². The molecule has 0 spiro atoms. The molecule has 3 aromatic rings. The number of benzene rings is 2. The second-order valence-corrected chi connectivity index (χ2v) is 7.66. The molecule has 0 saturated heterocycles. The van der Waals surface area contributed by atoms with Gasteiger partial charge in [0.1, 0.15) is 11.4 Å². The summed E-state index contributed by atoms with van der Waals surface area (Å²) in [6, 6.07) is 14.4. The van der Waals surface area contributed by atoms with Crippen LogP contribution in [0.5, 0.6) is 5.75 Å². The minimum absolute atomic E-state index is 0.113. The molecule has 10 heteroatoms. The third-order valence-corrected chi connectivity index (χ3v) is 5.61. The van der Waals surface area contributed by atoms with Gasteiger partial charge in [0.15, 0.2) is 0 Å². The van der Waals surface area contributed by atoms with Crippen LogP contribution in [-0.4, -0.2) is 50.9 Å². The zero-order valence-electron chi connectivity index (χ0n) is 16.5. The first kappa shape index (κ1) is 19.9. The van der Waals surface area contributed by atoms with Gasteiger partial charge in [-0.2, -0.15) is 4.68 Å². The molecule has 30 heavy (non-hydrogen) atoms. The summed E-state index contributed by atoms with van der Waals surface area (Å²) in [4.78, 5) is 27.0. The van der Waals surface area contributed by atoms with Crippen molar-refractivity contribution in [2.75, 3.05) is 23.1 Å². The molecular weight excluding hydrogens is 404 g/mol. The van der Waals surface area contributed by atoms with Gasteiger partial charge in [-0.1, -0.05) is 36.0 Å². The van der Waals surface area contributed by atoms with Crippen LogP contribution in [0.15, 0.2) is 53.7 Å². The van der Waals surface area contributed by atoms with Crippen LogP contribution in [0, 0.1) is 0 Å². The van der Waals surface area contributed by atoms with E-state index in [-0.39, 0.29) is 30.0 Å². The van der Waals surface area contributed by atoms with E-state index in [4.69, 9.17) is 4.74 Å². The van der Waals surface area contributed by atoms with Gasteiger partial charge in [-0.15, -0.1) is 5.10 Å². The Balaban J connectivity index is 1.56. The minimum Gasteiger partial charge on any atom is -0.494 e. The smallest absolute Gasteiger partial charge is 0.237 e. The van der Waals surface area contributed by atoms with Crippen LogP contribution < -0.4 is 15.0 Å². The number of carbonyl (C=O) groups is 2. The van der Waals surface area contributed by atoms with E-state index >= 15 is 0 Å². The highest BCUT2D eigenvalue weighted by molar-refractivity contribution is 7.99. The van der Waals surface area contributed by atoms with E-state index in [1.54, 1.807) is 22.8 Å².